The number of piperazine rings is 1. The van der Waals surface area contributed by atoms with Crippen molar-refractivity contribution in [3.05, 3.63) is 50.7 Å². The van der Waals surface area contributed by atoms with Gasteiger partial charge in [0.15, 0.2) is 0 Å². The molecule has 0 spiro atoms. The van der Waals surface area contributed by atoms with Crippen molar-refractivity contribution in [3.63, 3.8) is 0 Å². The van der Waals surface area contributed by atoms with Gasteiger partial charge >= 0.3 is 0 Å². The SMILES string of the molecule is CCc1cc(C(=O)N2CCN(Cc3nc4ccccc4s3)CC2)sc1C. The fourth-order valence-electron chi connectivity index (χ4n) is 3.42. The van der Waals surface area contributed by atoms with Crippen molar-refractivity contribution in [3.8, 4) is 0 Å². The zero-order valence-corrected chi connectivity index (χ0v) is 16.8. The van der Waals surface area contributed by atoms with Crippen LogP contribution in [-0.2, 0) is 13.0 Å². The number of amides is 1. The van der Waals surface area contributed by atoms with Crippen LogP contribution in [0.4, 0.5) is 0 Å². The molecule has 136 valence electrons. The number of rotatable bonds is 4. The van der Waals surface area contributed by atoms with Gasteiger partial charge in [0, 0.05) is 31.1 Å². The molecule has 3 aromatic rings. The Morgan fingerprint density at radius 2 is 1.92 bits per heavy atom. The highest BCUT2D eigenvalue weighted by Gasteiger charge is 2.24. The van der Waals surface area contributed by atoms with Gasteiger partial charge in [-0.2, -0.15) is 0 Å². The lowest BCUT2D eigenvalue weighted by molar-refractivity contribution is 0.0633. The zero-order chi connectivity index (χ0) is 18.1. The first-order valence-electron chi connectivity index (χ1n) is 9.09. The Hall–Kier alpha value is -1.76. The lowest BCUT2D eigenvalue weighted by atomic mass is 10.2. The van der Waals surface area contributed by atoms with Crippen LogP contribution in [0.3, 0.4) is 0 Å². The molecule has 2 aromatic heterocycles. The van der Waals surface area contributed by atoms with Gasteiger partial charge in [-0.1, -0.05) is 19.1 Å². The van der Waals surface area contributed by atoms with Crippen LogP contribution >= 0.6 is 22.7 Å². The molecule has 0 N–H and O–H groups in total. The second-order valence-electron chi connectivity index (χ2n) is 6.69. The van der Waals surface area contributed by atoms with Crippen molar-refractivity contribution in [1.29, 1.82) is 0 Å². The summed E-state index contributed by atoms with van der Waals surface area (Å²) in [5, 5.41) is 1.16. The average Bonchev–Trinajstić information content (AvgIpc) is 3.24. The third-order valence-electron chi connectivity index (χ3n) is 4.97. The fraction of sp³-hybridized carbons (Fsp3) is 0.400. The summed E-state index contributed by atoms with van der Waals surface area (Å²) >= 11 is 3.40. The van der Waals surface area contributed by atoms with Gasteiger partial charge in [-0.3, -0.25) is 9.69 Å². The zero-order valence-electron chi connectivity index (χ0n) is 15.2. The van der Waals surface area contributed by atoms with Crippen LogP contribution < -0.4 is 0 Å². The Morgan fingerprint density at radius 1 is 1.15 bits per heavy atom. The Balaban J connectivity index is 1.36. The number of nitrogens with zero attached hydrogens (tertiary/aromatic N) is 3. The van der Waals surface area contributed by atoms with Gasteiger partial charge in [0.2, 0.25) is 0 Å². The van der Waals surface area contributed by atoms with Crippen LogP contribution in [0.5, 0.6) is 0 Å². The lowest BCUT2D eigenvalue weighted by Crippen LogP contribution is -2.48. The highest BCUT2D eigenvalue weighted by atomic mass is 32.1. The molecule has 0 aliphatic carbocycles. The number of aromatic nitrogens is 1. The first-order chi connectivity index (χ1) is 12.6. The summed E-state index contributed by atoms with van der Waals surface area (Å²) in [5.74, 6) is 0.192. The molecule has 26 heavy (non-hydrogen) atoms. The minimum Gasteiger partial charge on any atom is -0.335 e. The second-order valence-corrected chi connectivity index (χ2v) is 9.06. The maximum absolute atomic E-state index is 12.8. The summed E-state index contributed by atoms with van der Waals surface area (Å²) in [5.41, 5.74) is 2.38. The van der Waals surface area contributed by atoms with Crippen molar-refractivity contribution in [2.75, 3.05) is 26.2 Å². The third kappa shape index (κ3) is 3.54. The van der Waals surface area contributed by atoms with E-state index in [0.717, 1.165) is 54.5 Å². The van der Waals surface area contributed by atoms with Gasteiger partial charge in [0.05, 0.1) is 21.6 Å². The topological polar surface area (TPSA) is 36.4 Å². The van der Waals surface area contributed by atoms with Crippen molar-refractivity contribution < 1.29 is 4.79 Å². The van der Waals surface area contributed by atoms with E-state index in [0.29, 0.717) is 0 Å². The number of aryl methyl sites for hydroxylation is 2. The molecular formula is C20H23N3OS2. The third-order valence-corrected chi connectivity index (χ3v) is 7.07. The van der Waals surface area contributed by atoms with E-state index in [1.54, 1.807) is 22.7 Å². The monoisotopic (exact) mass is 385 g/mol. The first-order valence-corrected chi connectivity index (χ1v) is 10.7. The smallest absolute Gasteiger partial charge is 0.264 e. The highest BCUT2D eigenvalue weighted by molar-refractivity contribution is 7.18. The minimum absolute atomic E-state index is 0.192. The van der Waals surface area contributed by atoms with Crippen LogP contribution in [-0.4, -0.2) is 46.9 Å². The van der Waals surface area contributed by atoms with E-state index < -0.39 is 0 Å². The normalized spacial score (nSPS) is 15.7. The van der Waals surface area contributed by atoms with Crippen LogP contribution in [0.1, 0.15) is 32.0 Å². The van der Waals surface area contributed by atoms with E-state index in [1.165, 1.54) is 15.1 Å². The summed E-state index contributed by atoms with van der Waals surface area (Å²) in [6.07, 6.45) is 0.992. The van der Waals surface area contributed by atoms with Gasteiger partial charge in [0.1, 0.15) is 5.01 Å². The summed E-state index contributed by atoms with van der Waals surface area (Å²) < 4.78 is 1.25. The van der Waals surface area contributed by atoms with Gasteiger partial charge < -0.3 is 4.90 Å². The van der Waals surface area contributed by atoms with E-state index in [2.05, 4.69) is 43.0 Å². The fourth-order valence-corrected chi connectivity index (χ4v) is 5.51. The van der Waals surface area contributed by atoms with Gasteiger partial charge in [-0.05, 0) is 37.1 Å². The number of benzene rings is 1. The quantitative estimate of drug-likeness (QED) is 0.676. The van der Waals surface area contributed by atoms with Crippen molar-refractivity contribution in [2.45, 2.75) is 26.8 Å². The molecule has 4 rings (SSSR count). The number of para-hydroxylation sites is 1. The molecule has 1 amide bonds. The number of hydrogen-bond acceptors (Lipinski definition) is 5. The standard InChI is InChI=1S/C20H23N3OS2/c1-3-15-12-18(25-14(15)2)20(24)23-10-8-22(9-11-23)13-19-21-16-6-4-5-7-17(16)26-19/h4-7,12H,3,8-11,13H2,1-2H3. The largest absolute Gasteiger partial charge is 0.335 e. The molecule has 0 unspecified atom stereocenters. The number of fused-ring (bicyclic) bond motifs is 1. The number of thiophene rings is 1. The van der Waals surface area contributed by atoms with Gasteiger partial charge in [-0.25, -0.2) is 4.98 Å². The molecule has 0 atom stereocenters. The Labute approximate surface area is 162 Å². The summed E-state index contributed by atoms with van der Waals surface area (Å²) in [6, 6.07) is 10.4. The van der Waals surface area contributed by atoms with Gasteiger partial charge in [-0.15, -0.1) is 22.7 Å². The van der Waals surface area contributed by atoms with E-state index in [1.807, 2.05) is 11.0 Å². The Kier molecular flexibility index (Phi) is 5.07. The van der Waals surface area contributed by atoms with Crippen LogP contribution in [0, 0.1) is 6.92 Å². The molecule has 0 saturated carbocycles. The molecule has 1 fully saturated rings. The van der Waals surface area contributed by atoms with E-state index in [-0.39, 0.29) is 5.91 Å². The predicted octanol–water partition coefficient (Wildman–Crippen LogP) is 4.19. The maximum Gasteiger partial charge on any atom is 0.264 e. The Bertz CT molecular complexity index is 889. The van der Waals surface area contributed by atoms with Crippen LogP contribution in [0.25, 0.3) is 10.2 Å². The van der Waals surface area contributed by atoms with Crippen molar-refractivity contribution in [2.24, 2.45) is 0 Å². The van der Waals surface area contributed by atoms with Crippen molar-refractivity contribution in [1.82, 2.24) is 14.8 Å². The molecule has 6 heteroatoms. The molecule has 1 saturated heterocycles. The predicted molar refractivity (Wildman–Crippen MR) is 109 cm³/mol. The van der Waals surface area contributed by atoms with Crippen LogP contribution in [0.2, 0.25) is 0 Å². The second kappa shape index (κ2) is 7.47. The Morgan fingerprint density at radius 3 is 2.62 bits per heavy atom. The van der Waals surface area contributed by atoms with E-state index in [4.69, 9.17) is 4.98 Å². The lowest BCUT2D eigenvalue weighted by Gasteiger charge is -2.34. The summed E-state index contributed by atoms with van der Waals surface area (Å²) in [7, 11) is 0. The molecule has 0 radical (unpaired) electrons. The van der Waals surface area contributed by atoms with Crippen LogP contribution in [0.15, 0.2) is 30.3 Å². The number of hydrogen-bond donors (Lipinski definition) is 0. The summed E-state index contributed by atoms with van der Waals surface area (Å²) in [6.45, 7) is 8.53. The molecular weight excluding hydrogens is 362 g/mol. The number of thiazole rings is 1. The van der Waals surface area contributed by atoms with E-state index in [9.17, 15) is 4.79 Å². The highest BCUT2D eigenvalue weighted by Crippen LogP contribution is 2.25. The maximum atomic E-state index is 12.8. The van der Waals surface area contributed by atoms with E-state index >= 15 is 0 Å². The van der Waals surface area contributed by atoms with Crippen molar-refractivity contribution >= 4 is 38.8 Å². The molecule has 1 aliphatic rings. The summed E-state index contributed by atoms with van der Waals surface area (Å²) in [4.78, 5) is 24.1. The minimum atomic E-state index is 0.192. The van der Waals surface area contributed by atoms with Gasteiger partial charge in [0.25, 0.3) is 5.91 Å². The molecule has 4 nitrogen and oxygen atoms in total. The average molecular weight is 386 g/mol. The molecule has 3 heterocycles. The molecule has 1 aliphatic heterocycles. The number of carbonyl (C=O) groups is 1. The molecule has 0 bridgehead atoms. The number of carbonyl (C=O) groups excluding carboxylic acids is 1. The first kappa shape index (κ1) is 17.6. The molecule has 1 aromatic carbocycles.